The second-order valence-electron chi connectivity index (χ2n) is 4.73. The molecule has 0 atom stereocenters. The fourth-order valence-electron chi connectivity index (χ4n) is 2.37. The van der Waals surface area contributed by atoms with E-state index < -0.39 is 0 Å². The fourth-order valence-corrected chi connectivity index (χ4v) is 2.37. The zero-order valence-corrected chi connectivity index (χ0v) is 9.89. The third-order valence-electron chi connectivity index (χ3n) is 3.60. The van der Waals surface area contributed by atoms with Gasteiger partial charge in [-0.2, -0.15) is 5.10 Å². The average molecular weight is 223 g/mol. The molecule has 1 fully saturated rings. The highest BCUT2D eigenvalue weighted by Gasteiger charge is 2.20. The molecule has 4 nitrogen and oxygen atoms in total. The Morgan fingerprint density at radius 3 is 2.75 bits per heavy atom. The van der Waals surface area contributed by atoms with E-state index in [-0.39, 0.29) is 0 Å². The summed E-state index contributed by atoms with van der Waals surface area (Å²) in [5, 5.41) is 16.8. The zero-order chi connectivity index (χ0) is 11.4. The van der Waals surface area contributed by atoms with Gasteiger partial charge < -0.3 is 10.4 Å². The van der Waals surface area contributed by atoms with Gasteiger partial charge in [0.1, 0.15) is 0 Å². The SMILES string of the molecule is Cn1nccc1CNC1CCC(CO)CC1. The summed E-state index contributed by atoms with van der Waals surface area (Å²) in [7, 11) is 1.97. The van der Waals surface area contributed by atoms with Gasteiger partial charge in [-0.3, -0.25) is 4.68 Å². The van der Waals surface area contributed by atoms with Crippen LogP contribution in [0.5, 0.6) is 0 Å². The number of hydrogen-bond acceptors (Lipinski definition) is 3. The first-order valence-electron chi connectivity index (χ1n) is 6.10. The molecule has 0 bridgehead atoms. The number of aryl methyl sites for hydroxylation is 1. The van der Waals surface area contributed by atoms with Gasteiger partial charge >= 0.3 is 0 Å². The molecule has 1 aliphatic carbocycles. The molecule has 0 amide bonds. The second-order valence-corrected chi connectivity index (χ2v) is 4.73. The first kappa shape index (κ1) is 11.6. The highest BCUT2D eigenvalue weighted by Crippen LogP contribution is 2.23. The Hall–Kier alpha value is -0.870. The van der Waals surface area contributed by atoms with Crippen molar-refractivity contribution in [2.45, 2.75) is 38.3 Å². The molecule has 0 aromatic carbocycles. The van der Waals surface area contributed by atoms with E-state index in [9.17, 15) is 0 Å². The molecular formula is C12H21N3O. The third kappa shape index (κ3) is 2.83. The van der Waals surface area contributed by atoms with Gasteiger partial charge in [-0.1, -0.05) is 0 Å². The normalized spacial score (nSPS) is 25.9. The number of nitrogens with one attached hydrogen (secondary N) is 1. The van der Waals surface area contributed by atoms with Crippen LogP contribution < -0.4 is 5.32 Å². The maximum Gasteiger partial charge on any atom is 0.0518 e. The molecule has 1 aromatic rings. The quantitative estimate of drug-likeness (QED) is 0.802. The summed E-state index contributed by atoms with van der Waals surface area (Å²) in [4.78, 5) is 0. The van der Waals surface area contributed by atoms with Crippen molar-refractivity contribution in [1.29, 1.82) is 0 Å². The molecule has 2 rings (SSSR count). The Bertz CT molecular complexity index is 316. The van der Waals surface area contributed by atoms with Crippen molar-refractivity contribution in [3.05, 3.63) is 18.0 Å². The zero-order valence-electron chi connectivity index (χ0n) is 9.89. The lowest BCUT2D eigenvalue weighted by molar-refractivity contribution is 0.175. The molecule has 90 valence electrons. The number of aliphatic hydroxyl groups is 1. The highest BCUT2D eigenvalue weighted by atomic mass is 16.3. The number of nitrogens with zero attached hydrogens (tertiary/aromatic N) is 2. The summed E-state index contributed by atoms with van der Waals surface area (Å²) in [6, 6.07) is 2.66. The first-order valence-corrected chi connectivity index (χ1v) is 6.10. The Balaban J connectivity index is 1.73. The van der Waals surface area contributed by atoms with Gasteiger partial charge in [0.15, 0.2) is 0 Å². The van der Waals surface area contributed by atoms with Crippen LogP contribution in [0.4, 0.5) is 0 Å². The van der Waals surface area contributed by atoms with Crippen molar-refractivity contribution in [2.24, 2.45) is 13.0 Å². The first-order chi connectivity index (χ1) is 7.79. The van der Waals surface area contributed by atoms with E-state index in [0.717, 1.165) is 19.4 Å². The Labute approximate surface area is 96.7 Å². The van der Waals surface area contributed by atoms with Gasteiger partial charge in [0, 0.05) is 32.4 Å². The lowest BCUT2D eigenvalue weighted by atomic mass is 9.86. The summed E-state index contributed by atoms with van der Waals surface area (Å²) in [6.07, 6.45) is 6.50. The predicted molar refractivity (Wildman–Crippen MR) is 62.9 cm³/mol. The Kier molecular flexibility index (Phi) is 3.96. The van der Waals surface area contributed by atoms with E-state index in [0.29, 0.717) is 18.6 Å². The van der Waals surface area contributed by atoms with Crippen molar-refractivity contribution in [3.8, 4) is 0 Å². The predicted octanol–water partition coefficient (Wildman–Crippen LogP) is 1.06. The van der Waals surface area contributed by atoms with Gasteiger partial charge in [-0.25, -0.2) is 0 Å². The Morgan fingerprint density at radius 1 is 1.44 bits per heavy atom. The van der Waals surface area contributed by atoms with Gasteiger partial charge in [0.25, 0.3) is 0 Å². The number of hydrogen-bond donors (Lipinski definition) is 2. The van der Waals surface area contributed by atoms with E-state index in [1.807, 2.05) is 24.0 Å². The van der Waals surface area contributed by atoms with Crippen LogP contribution in [0.1, 0.15) is 31.4 Å². The van der Waals surface area contributed by atoms with Crippen LogP contribution in [0.2, 0.25) is 0 Å². The summed E-state index contributed by atoms with van der Waals surface area (Å²) < 4.78 is 1.91. The van der Waals surface area contributed by atoms with Crippen molar-refractivity contribution in [1.82, 2.24) is 15.1 Å². The van der Waals surface area contributed by atoms with Crippen molar-refractivity contribution >= 4 is 0 Å². The molecule has 1 aliphatic rings. The standard InChI is InChI=1S/C12H21N3O/c1-15-12(6-7-14-15)8-13-11-4-2-10(9-16)3-5-11/h6-7,10-11,13,16H,2-5,8-9H2,1H3. The molecule has 0 saturated heterocycles. The fraction of sp³-hybridized carbons (Fsp3) is 0.750. The monoisotopic (exact) mass is 223 g/mol. The van der Waals surface area contributed by atoms with E-state index in [2.05, 4.69) is 10.4 Å². The minimum Gasteiger partial charge on any atom is -0.396 e. The topological polar surface area (TPSA) is 50.1 Å². The van der Waals surface area contributed by atoms with Crippen molar-refractivity contribution in [3.63, 3.8) is 0 Å². The molecule has 1 heterocycles. The van der Waals surface area contributed by atoms with E-state index in [1.165, 1.54) is 18.5 Å². The smallest absolute Gasteiger partial charge is 0.0518 e. The van der Waals surface area contributed by atoms with Crippen LogP contribution in [0.3, 0.4) is 0 Å². The van der Waals surface area contributed by atoms with Crippen molar-refractivity contribution < 1.29 is 5.11 Å². The van der Waals surface area contributed by atoms with Gasteiger partial charge in [0.05, 0.1) is 5.69 Å². The lowest BCUT2D eigenvalue weighted by Crippen LogP contribution is -2.33. The minimum atomic E-state index is 0.356. The molecular weight excluding hydrogens is 202 g/mol. The van der Waals surface area contributed by atoms with Crippen LogP contribution in [0, 0.1) is 5.92 Å². The highest BCUT2D eigenvalue weighted by molar-refractivity contribution is 4.99. The molecule has 0 aliphatic heterocycles. The maximum atomic E-state index is 9.06. The molecule has 0 radical (unpaired) electrons. The minimum absolute atomic E-state index is 0.356. The number of aromatic nitrogens is 2. The molecule has 0 spiro atoms. The second kappa shape index (κ2) is 5.46. The van der Waals surface area contributed by atoms with Crippen molar-refractivity contribution in [2.75, 3.05) is 6.61 Å². The van der Waals surface area contributed by atoms with Crippen LogP contribution >= 0.6 is 0 Å². The molecule has 16 heavy (non-hydrogen) atoms. The average Bonchev–Trinajstić information content (AvgIpc) is 2.73. The van der Waals surface area contributed by atoms with Gasteiger partial charge in [-0.15, -0.1) is 0 Å². The lowest BCUT2D eigenvalue weighted by Gasteiger charge is -2.28. The summed E-state index contributed by atoms with van der Waals surface area (Å²) in [5.41, 5.74) is 1.23. The summed E-state index contributed by atoms with van der Waals surface area (Å²) >= 11 is 0. The molecule has 1 saturated carbocycles. The van der Waals surface area contributed by atoms with Crippen LogP contribution in [-0.2, 0) is 13.6 Å². The van der Waals surface area contributed by atoms with Crippen LogP contribution in [-0.4, -0.2) is 27.5 Å². The van der Waals surface area contributed by atoms with Gasteiger partial charge in [0.2, 0.25) is 0 Å². The van der Waals surface area contributed by atoms with Gasteiger partial charge in [-0.05, 0) is 37.7 Å². The number of aliphatic hydroxyl groups excluding tert-OH is 1. The maximum absolute atomic E-state index is 9.06. The summed E-state index contributed by atoms with van der Waals surface area (Å²) in [6.45, 7) is 1.25. The molecule has 1 aromatic heterocycles. The molecule has 2 N–H and O–H groups in total. The number of rotatable bonds is 4. The Morgan fingerprint density at radius 2 is 2.19 bits per heavy atom. The summed E-state index contributed by atoms with van der Waals surface area (Å²) in [5.74, 6) is 0.537. The van der Waals surface area contributed by atoms with E-state index in [1.54, 1.807) is 0 Å². The largest absolute Gasteiger partial charge is 0.396 e. The molecule has 4 heteroatoms. The third-order valence-corrected chi connectivity index (χ3v) is 3.60. The van der Waals surface area contributed by atoms with Crippen LogP contribution in [0.15, 0.2) is 12.3 Å². The van der Waals surface area contributed by atoms with Crippen LogP contribution in [0.25, 0.3) is 0 Å². The van der Waals surface area contributed by atoms with E-state index in [4.69, 9.17) is 5.11 Å². The molecule has 0 unspecified atom stereocenters. The van der Waals surface area contributed by atoms with E-state index >= 15 is 0 Å².